The van der Waals surface area contributed by atoms with Gasteiger partial charge < -0.3 is 5.32 Å². The summed E-state index contributed by atoms with van der Waals surface area (Å²) in [7, 11) is 0. The Kier molecular flexibility index (Phi) is 3.05. The van der Waals surface area contributed by atoms with E-state index in [4.69, 9.17) is 0 Å². The van der Waals surface area contributed by atoms with Crippen LogP contribution in [-0.2, 0) is 0 Å². The highest BCUT2D eigenvalue weighted by Crippen LogP contribution is 2.27. The first-order valence-electron chi connectivity index (χ1n) is 4.90. The molecule has 0 spiro atoms. The lowest BCUT2D eigenvalue weighted by molar-refractivity contribution is 0.0951. The van der Waals surface area contributed by atoms with Gasteiger partial charge in [-0.25, -0.2) is 4.39 Å². The summed E-state index contributed by atoms with van der Waals surface area (Å²) in [5.74, 6) is 0.155. The molecule has 1 aliphatic carbocycles. The minimum atomic E-state index is -0.347. The number of halogens is 2. The first-order chi connectivity index (χ1) is 7.16. The number of carbonyl (C=O) groups is 1. The Morgan fingerprint density at radius 3 is 2.87 bits per heavy atom. The second-order valence-electron chi connectivity index (χ2n) is 3.78. The van der Waals surface area contributed by atoms with E-state index in [0.717, 1.165) is 6.54 Å². The summed E-state index contributed by atoms with van der Waals surface area (Å²) < 4.78 is 13.3. The molecule has 1 aromatic rings. The van der Waals surface area contributed by atoms with E-state index in [9.17, 15) is 9.18 Å². The molecule has 1 aliphatic rings. The van der Waals surface area contributed by atoms with Crippen LogP contribution in [0.5, 0.6) is 0 Å². The van der Waals surface area contributed by atoms with Crippen LogP contribution in [0.15, 0.2) is 22.7 Å². The lowest BCUT2D eigenvalue weighted by Crippen LogP contribution is -2.25. The van der Waals surface area contributed by atoms with Gasteiger partial charge in [-0.2, -0.15) is 0 Å². The van der Waals surface area contributed by atoms with Crippen LogP contribution in [0.3, 0.4) is 0 Å². The third kappa shape index (κ3) is 2.78. The van der Waals surface area contributed by atoms with Crippen molar-refractivity contribution in [2.24, 2.45) is 5.92 Å². The van der Waals surface area contributed by atoms with E-state index in [-0.39, 0.29) is 11.7 Å². The summed E-state index contributed by atoms with van der Waals surface area (Å²) in [5.41, 5.74) is 0.483. The number of benzene rings is 1. The molecule has 0 unspecified atom stereocenters. The number of hydrogen-bond acceptors (Lipinski definition) is 1. The summed E-state index contributed by atoms with van der Waals surface area (Å²) in [4.78, 5) is 11.6. The maximum absolute atomic E-state index is 12.8. The quantitative estimate of drug-likeness (QED) is 0.900. The maximum Gasteiger partial charge on any atom is 0.252 e. The Labute approximate surface area is 96.0 Å². The third-order valence-corrected chi connectivity index (χ3v) is 3.08. The molecule has 0 heterocycles. The Balaban J connectivity index is 2.03. The summed E-state index contributed by atoms with van der Waals surface area (Å²) in [6.45, 7) is 0.725. The molecule has 0 bridgehead atoms. The van der Waals surface area contributed by atoms with Crippen LogP contribution in [0.1, 0.15) is 23.2 Å². The molecule has 1 amide bonds. The fourth-order valence-corrected chi connectivity index (χ4v) is 1.86. The van der Waals surface area contributed by atoms with E-state index in [1.807, 2.05) is 0 Å². The smallest absolute Gasteiger partial charge is 0.252 e. The van der Waals surface area contributed by atoms with Gasteiger partial charge in [-0.3, -0.25) is 4.79 Å². The van der Waals surface area contributed by atoms with Crippen LogP contribution in [0.2, 0.25) is 0 Å². The zero-order valence-electron chi connectivity index (χ0n) is 8.09. The van der Waals surface area contributed by atoms with Crippen LogP contribution in [-0.4, -0.2) is 12.5 Å². The molecule has 15 heavy (non-hydrogen) atoms. The molecule has 1 saturated carbocycles. The lowest BCUT2D eigenvalue weighted by Gasteiger charge is -2.05. The summed E-state index contributed by atoms with van der Waals surface area (Å²) in [5, 5.41) is 2.83. The molecule has 1 fully saturated rings. The number of hydrogen-bond donors (Lipinski definition) is 1. The monoisotopic (exact) mass is 271 g/mol. The van der Waals surface area contributed by atoms with Gasteiger partial charge in [-0.05, 0) is 52.9 Å². The van der Waals surface area contributed by atoms with E-state index >= 15 is 0 Å². The number of carbonyl (C=O) groups excluding carboxylic acids is 1. The maximum atomic E-state index is 12.8. The number of amides is 1. The summed E-state index contributed by atoms with van der Waals surface area (Å²) >= 11 is 3.17. The number of nitrogens with one attached hydrogen (secondary N) is 1. The molecular formula is C11H11BrFNO. The van der Waals surface area contributed by atoms with Crippen molar-refractivity contribution in [3.63, 3.8) is 0 Å². The molecule has 2 nitrogen and oxygen atoms in total. The molecule has 1 aromatic carbocycles. The normalized spacial score (nSPS) is 15.1. The van der Waals surface area contributed by atoms with Gasteiger partial charge in [0, 0.05) is 11.0 Å². The zero-order chi connectivity index (χ0) is 10.8. The second kappa shape index (κ2) is 4.31. The predicted molar refractivity (Wildman–Crippen MR) is 59.2 cm³/mol. The van der Waals surface area contributed by atoms with Crippen molar-refractivity contribution in [3.8, 4) is 0 Å². The van der Waals surface area contributed by atoms with Gasteiger partial charge in [0.15, 0.2) is 0 Å². The molecule has 4 heteroatoms. The van der Waals surface area contributed by atoms with Crippen LogP contribution >= 0.6 is 15.9 Å². The minimum Gasteiger partial charge on any atom is -0.352 e. The van der Waals surface area contributed by atoms with Gasteiger partial charge in [0.1, 0.15) is 5.82 Å². The molecule has 0 radical (unpaired) electrons. The van der Waals surface area contributed by atoms with Crippen molar-refractivity contribution in [2.45, 2.75) is 12.8 Å². The van der Waals surface area contributed by atoms with Gasteiger partial charge >= 0.3 is 0 Å². The van der Waals surface area contributed by atoms with Crippen LogP contribution in [0.4, 0.5) is 4.39 Å². The molecule has 0 aromatic heterocycles. The topological polar surface area (TPSA) is 29.1 Å². The molecule has 2 rings (SSSR count). The Bertz CT molecular complexity index is 390. The van der Waals surface area contributed by atoms with Crippen molar-refractivity contribution in [2.75, 3.05) is 6.54 Å². The van der Waals surface area contributed by atoms with Crippen LogP contribution in [0.25, 0.3) is 0 Å². The van der Waals surface area contributed by atoms with Gasteiger partial charge in [0.2, 0.25) is 0 Å². The lowest BCUT2D eigenvalue weighted by atomic mass is 10.2. The standard InChI is InChI=1S/C11H11BrFNO/c12-10-5-8(13)3-4-9(10)11(15)14-6-7-1-2-7/h3-5,7H,1-2,6H2,(H,14,15). The molecule has 0 saturated heterocycles. The van der Waals surface area contributed by atoms with Crippen molar-refractivity contribution < 1.29 is 9.18 Å². The van der Waals surface area contributed by atoms with Crippen LogP contribution in [0, 0.1) is 11.7 Å². The molecule has 0 atom stereocenters. The SMILES string of the molecule is O=C(NCC1CC1)c1ccc(F)cc1Br. The number of rotatable bonds is 3. The zero-order valence-corrected chi connectivity index (χ0v) is 9.68. The van der Waals surface area contributed by atoms with E-state index in [0.29, 0.717) is 16.0 Å². The molecule has 0 aliphatic heterocycles. The van der Waals surface area contributed by atoms with E-state index in [1.54, 1.807) is 0 Å². The molecular weight excluding hydrogens is 261 g/mol. The van der Waals surface area contributed by atoms with Crippen LogP contribution < -0.4 is 5.32 Å². The fourth-order valence-electron chi connectivity index (χ4n) is 1.33. The van der Waals surface area contributed by atoms with E-state index in [2.05, 4.69) is 21.2 Å². The highest BCUT2D eigenvalue weighted by atomic mass is 79.9. The van der Waals surface area contributed by atoms with Crippen molar-refractivity contribution in [1.82, 2.24) is 5.32 Å². The van der Waals surface area contributed by atoms with Gasteiger partial charge in [0.25, 0.3) is 5.91 Å². The van der Waals surface area contributed by atoms with Crippen molar-refractivity contribution >= 4 is 21.8 Å². The Morgan fingerprint density at radius 2 is 2.27 bits per heavy atom. The Morgan fingerprint density at radius 1 is 1.53 bits per heavy atom. The predicted octanol–water partition coefficient (Wildman–Crippen LogP) is 2.73. The average molecular weight is 272 g/mol. The highest BCUT2D eigenvalue weighted by Gasteiger charge is 2.22. The molecule has 1 N–H and O–H groups in total. The van der Waals surface area contributed by atoms with E-state index < -0.39 is 0 Å². The fraction of sp³-hybridized carbons (Fsp3) is 0.364. The first-order valence-corrected chi connectivity index (χ1v) is 5.69. The second-order valence-corrected chi connectivity index (χ2v) is 4.63. The summed E-state index contributed by atoms with van der Waals surface area (Å²) in [6, 6.07) is 4.07. The van der Waals surface area contributed by atoms with Gasteiger partial charge in [-0.15, -0.1) is 0 Å². The van der Waals surface area contributed by atoms with Crippen molar-refractivity contribution in [3.05, 3.63) is 34.1 Å². The minimum absolute atomic E-state index is 0.145. The van der Waals surface area contributed by atoms with Gasteiger partial charge in [-0.1, -0.05) is 0 Å². The van der Waals surface area contributed by atoms with E-state index in [1.165, 1.54) is 31.0 Å². The Hall–Kier alpha value is -0.900. The van der Waals surface area contributed by atoms with Crippen molar-refractivity contribution in [1.29, 1.82) is 0 Å². The largest absolute Gasteiger partial charge is 0.352 e. The summed E-state index contributed by atoms with van der Waals surface area (Å²) in [6.07, 6.45) is 2.40. The third-order valence-electron chi connectivity index (χ3n) is 2.42. The molecule has 80 valence electrons. The first kappa shape index (κ1) is 10.6. The van der Waals surface area contributed by atoms with Gasteiger partial charge in [0.05, 0.1) is 5.56 Å². The average Bonchev–Trinajstić information content (AvgIpc) is 2.97. The highest BCUT2D eigenvalue weighted by molar-refractivity contribution is 9.10.